The van der Waals surface area contributed by atoms with Gasteiger partial charge in [0.15, 0.2) is 0 Å². The van der Waals surface area contributed by atoms with Crippen molar-refractivity contribution in [1.82, 2.24) is 10.3 Å². The standard InChI is InChI=1S/C12H14Cl2N2O3/c1-12(2,3)19-11(18)16-9(6-17)7-5-15-10(14)4-8(7)13/h4-6,9H,1-3H3,(H,16,18). The highest BCUT2D eigenvalue weighted by Gasteiger charge is 2.22. The van der Waals surface area contributed by atoms with E-state index in [2.05, 4.69) is 10.3 Å². The third-order valence-corrected chi connectivity index (χ3v) is 2.53. The van der Waals surface area contributed by atoms with Gasteiger partial charge in [-0.15, -0.1) is 0 Å². The molecule has 19 heavy (non-hydrogen) atoms. The molecule has 0 saturated heterocycles. The summed E-state index contributed by atoms with van der Waals surface area (Å²) in [5.41, 5.74) is -0.300. The number of nitrogens with one attached hydrogen (secondary N) is 1. The summed E-state index contributed by atoms with van der Waals surface area (Å²) < 4.78 is 5.06. The van der Waals surface area contributed by atoms with Gasteiger partial charge in [0.2, 0.25) is 0 Å². The Balaban J connectivity index is 2.84. The van der Waals surface area contributed by atoms with E-state index in [1.165, 1.54) is 12.3 Å². The Bertz CT molecular complexity index is 486. The molecule has 0 fully saturated rings. The quantitative estimate of drug-likeness (QED) is 0.688. The highest BCUT2D eigenvalue weighted by atomic mass is 35.5. The Morgan fingerprint density at radius 1 is 1.47 bits per heavy atom. The zero-order chi connectivity index (χ0) is 14.6. The number of alkyl carbamates (subject to hydrolysis) is 1. The van der Waals surface area contributed by atoms with Gasteiger partial charge in [0.25, 0.3) is 0 Å². The summed E-state index contributed by atoms with van der Waals surface area (Å²) in [5.74, 6) is 0. The second-order valence-corrected chi connectivity index (χ2v) is 5.58. The Morgan fingerprint density at radius 3 is 2.58 bits per heavy atom. The lowest BCUT2D eigenvalue weighted by atomic mass is 10.1. The highest BCUT2D eigenvalue weighted by molar-refractivity contribution is 6.34. The van der Waals surface area contributed by atoms with Gasteiger partial charge in [-0.3, -0.25) is 0 Å². The van der Waals surface area contributed by atoms with Crippen LogP contribution in [-0.2, 0) is 9.53 Å². The number of carbonyl (C=O) groups is 2. The van der Waals surface area contributed by atoms with Crippen LogP contribution in [0.1, 0.15) is 32.4 Å². The number of aromatic nitrogens is 1. The number of carbonyl (C=O) groups excluding carboxylic acids is 2. The van der Waals surface area contributed by atoms with Crippen LogP contribution in [0.5, 0.6) is 0 Å². The van der Waals surface area contributed by atoms with Crippen LogP contribution >= 0.6 is 23.2 Å². The van der Waals surface area contributed by atoms with Gasteiger partial charge < -0.3 is 14.8 Å². The van der Waals surface area contributed by atoms with E-state index in [1.807, 2.05) is 0 Å². The van der Waals surface area contributed by atoms with Gasteiger partial charge >= 0.3 is 6.09 Å². The molecule has 0 bridgehead atoms. The van der Waals surface area contributed by atoms with Crippen LogP contribution in [0.2, 0.25) is 10.2 Å². The first-order valence-electron chi connectivity index (χ1n) is 5.48. The van der Waals surface area contributed by atoms with Crippen molar-refractivity contribution in [2.24, 2.45) is 0 Å². The number of hydrogen-bond donors (Lipinski definition) is 1. The number of halogens is 2. The monoisotopic (exact) mass is 304 g/mol. The maximum absolute atomic E-state index is 11.6. The second kappa shape index (κ2) is 6.21. The van der Waals surface area contributed by atoms with Crippen molar-refractivity contribution in [3.05, 3.63) is 28.0 Å². The summed E-state index contributed by atoms with van der Waals surface area (Å²) in [4.78, 5) is 26.5. The average Bonchev–Trinajstić information content (AvgIpc) is 2.24. The first-order valence-corrected chi connectivity index (χ1v) is 6.24. The molecule has 0 aromatic carbocycles. The van der Waals surface area contributed by atoms with Gasteiger partial charge in [0, 0.05) is 11.8 Å². The molecule has 1 unspecified atom stereocenters. The van der Waals surface area contributed by atoms with Gasteiger partial charge in [0.1, 0.15) is 23.1 Å². The van der Waals surface area contributed by atoms with Crippen molar-refractivity contribution >= 4 is 35.6 Å². The summed E-state index contributed by atoms with van der Waals surface area (Å²) in [6.45, 7) is 5.16. The zero-order valence-electron chi connectivity index (χ0n) is 10.7. The van der Waals surface area contributed by atoms with Gasteiger partial charge in [-0.1, -0.05) is 23.2 Å². The van der Waals surface area contributed by atoms with E-state index >= 15 is 0 Å². The largest absolute Gasteiger partial charge is 0.444 e. The third kappa shape index (κ3) is 5.04. The van der Waals surface area contributed by atoms with E-state index < -0.39 is 17.7 Å². The minimum atomic E-state index is -0.938. The first-order chi connectivity index (χ1) is 8.73. The second-order valence-electron chi connectivity index (χ2n) is 4.79. The number of amides is 1. The normalized spacial score (nSPS) is 12.7. The molecule has 1 amide bonds. The van der Waals surface area contributed by atoms with E-state index in [0.29, 0.717) is 11.8 Å². The number of rotatable bonds is 3. The van der Waals surface area contributed by atoms with Gasteiger partial charge in [0.05, 0.1) is 5.02 Å². The summed E-state index contributed by atoms with van der Waals surface area (Å²) in [6.07, 6.45) is 1.16. The van der Waals surface area contributed by atoms with Gasteiger partial charge in [-0.25, -0.2) is 9.78 Å². The molecule has 1 atom stereocenters. The number of pyridine rings is 1. The predicted molar refractivity (Wildman–Crippen MR) is 72.4 cm³/mol. The minimum Gasteiger partial charge on any atom is -0.444 e. The fourth-order valence-corrected chi connectivity index (χ4v) is 1.75. The molecule has 1 aromatic rings. The molecule has 7 heteroatoms. The van der Waals surface area contributed by atoms with Crippen molar-refractivity contribution in [3.8, 4) is 0 Å². The van der Waals surface area contributed by atoms with E-state index in [4.69, 9.17) is 27.9 Å². The smallest absolute Gasteiger partial charge is 0.408 e. The molecular weight excluding hydrogens is 291 g/mol. The minimum absolute atomic E-state index is 0.204. The van der Waals surface area contributed by atoms with Crippen molar-refractivity contribution < 1.29 is 14.3 Å². The van der Waals surface area contributed by atoms with E-state index in [0.717, 1.165) is 0 Å². The molecule has 0 aliphatic heterocycles. The summed E-state index contributed by atoms with van der Waals surface area (Å²) in [6, 6.07) is 0.457. The van der Waals surface area contributed by atoms with Crippen LogP contribution in [-0.4, -0.2) is 23.0 Å². The van der Waals surface area contributed by atoms with Crippen LogP contribution in [0.25, 0.3) is 0 Å². The molecule has 1 heterocycles. The first kappa shape index (κ1) is 15.7. The summed E-state index contributed by atoms with van der Waals surface area (Å²) in [7, 11) is 0. The summed E-state index contributed by atoms with van der Waals surface area (Å²) in [5, 5.41) is 2.85. The number of aldehydes is 1. The van der Waals surface area contributed by atoms with Crippen LogP contribution in [0.15, 0.2) is 12.3 Å². The Hall–Kier alpha value is -1.33. The molecule has 0 aliphatic carbocycles. The van der Waals surface area contributed by atoms with Crippen LogP contribution < -0.4 is 5.32 Å². The summed E-state index contributed by atoms with van der Waals surface area (Å²) >= 11 is 11.6. The van der Waals surface area contributed by atoms with Gasteiger partial charge in [-0.05, 0) is 26.8 Å². The fourth-order valence-electron chi connectivity index (χ4n) is 1.27. The number of nitrogens with zero attached hydrogens (tertiary/aromatic N) is 1. The lowest BCUT2D eigenvalue weighted by molar-refractivity contribution is -0.109. The zero-order valence-corrected chi connectivity index (χ0v) is 12.2. The third-order valence-electron chi connectivity index (χ3n) is 1.99. The van der Waals surface area contributed by atoms with Crippen molar-refractivity contribution in [3.63, 3.8) is 0 Å². The van der Waals surface area contributed by atoms with E-state index in [1.54, 1.807) is 20.8 Å². The van der Waals surface area contributed by atoms with Crippen molar-refractivity contribution in [1.29, 1.82) is 0 Å². The van der Waals surface area contributed by atoms with Crippen LogP contribution in [0, 0.1) is 0 Å². The lowest BCUT2D eigenvalue weighted by Crippen LogP contribution is -2.35. The van der Waals surface area contributed by atoms with E-state index in [-0.39, 0.29) is 10.2 Å². The number of ether oxygens (including phenoxy) is 1. The van der Waals surface area contributed by atoms with Crippen molar-refractivity contribution in [2.45, 2.75) is 32.4 Å². The SMILES string of the molecule is CC(C)(C)OC(=O)NC(C=O)c1cnc(Cl)cc1Cl. The van der Waals surface area contributed by atoms with Gasteiger partial charge in [-0.2, -0.15) is 0 Å². The lowest BCUT2D eigenvalue weighted by Gasteiger charge is -2.21. The molecular formula is C12H14Cl2N2O3. The van der Waals surface area contributed by atoms with Crippen molar-refractivity contribution in [2.75, 3.05) is 0 Å². The molecule has 0 spiro atoms. The molecule has 5 nitrogen and oxygen atoms in total. The maximum atomic E-state index is 11.6. The molecule has 1 N–H and O–H groups in total. The molecule has 1 rings (SSSR count). The van der Waals surface area contributed by atoms with Crippen LogP contribution in [0.3, 0.4) is 0 Å². The molecule has 1 aromatic heterocycles. The Labute approximate surface area is 121 Å². The predicted octanol–water partition coefficient (Wildman–Crippen LogP) is 3.15. The molecule has 0 radical (unpaired) electrons. The Kier molecular flexibility index (Phi) is 5.14. The number of hydrogen-bond acceptors (Lipinski definition) is 4. The van der Waals surface area contributed by atoms with Crippen LogP contribution in [0.4, 0.5) is 4.79 Å². The maximum Gasteiger partial charge on any atom is 0.408 e. The highest BCUT2D eigenvalue weighted by Crippen LogP contribution is 2.23. The topological polar surface area (TPSA) is 68.3 Å². The van der Waals surface area contributed by atoms with E-state index in [9.17, 15) is 9.59 Å². The molecule has 0 saturated carbocycles. The molecule has 0 aliphatic rings. The molecule has 104 valence electrons. The average molecular weight is 305 g/mol. The Morgan fingerprint density at radius 2 is 2.11 bits per heavy atom. The fraction of sp³-hybridized carbons (Fsp3) is 0.417.